The van der Waals surface area contributed by atoms with Crippen LogP contribution in [-0.2, 0) is 24.3 Å². The third-order valence-electron chi connectivity index (χ3n) is 5.42. The zero-order valence-electron chi connectivity index (χ0n) is 15.8. The first-order valence-corrected chi connectivity index (χ1v) is 10.2. The molecule has 0 unspecified atom stereocenters. The topological polar surface area (TPSA) is 59.6 Å². The zero-order valence-corrected chi connectivity index (χ0v) is 16.6. The second kappa shape index (κ2) is 6.31. The number of thiophene rings is 1. The molecule has 0 aliphatic carbocycles. The Hall–Kier alpha value is -2.93. The molecule has 3 aromatic heterocycles. The highest BCUT2D eigenvalue weighted by molar-refractivity contribution is 7.19. The molecule has 0 radical (unpaired) electrons. The van der Waals surface area contributed by atoms with Gasteiger partial charge in [-0.2, -0.15) is 5.10 Å². The molecule has 7 heteroatoms. The van der Waals surface area contributed by atoms with E-state index >= 15 is 0 Å². The van der Waals surface area contributed by atoms with Gasteiger partial charge in [0.1, 0.15) is 17.9 Å². The van der Waals surface area contributed by atoms with E-state index in [1.807, 2.05) is 34.4 Å². The van der Waals surface area contributed by atoms with Crippen LogP contribution in [0.2, 0.25) is 0 Å². The molecule has 1 aromatic carbocycles. The third kappa shape index (κ3) is 2.65. The van der Waals surface area contributed by atoms with Crippen LogP contribution < -0.4 is 5.56 Å². The summed E-state index contributed by atoms with van der Waals surface area (Å²) in [5.41, 5.74) is 3.83. The molecule has 0 N–H and O–H groups in total. The monoisotopic (exact) mass is 392 g/mol. The first-order valence-electron chi connectivity index (χ1n) is 9.35. The van der Waals surface area contributed by atoms with Crippen LogP contribution in [0, 0.1) is 13.8 Å². The van der Waals surface area contributed by atoms with Crippen LogP contribution in [0.4, 0.5) is 0 Å². The SMILES string of the molecule is Cc1cc2c(cc3c(=O)n(CC(=O)N4CCc5ccccc5C4)nc(C)n32)s1. The summed E-state index contributed by atoms with van der Waals surface area (Å²) in [4.78, 5) is 28.8. The molecule has 0 bridgehead atoms. The van der Waals surface area contributed by atoms with Crippen molar-refractivity contribution in [1.82, 2.24) is 19.1 Å². The van der Waals surface area contributed by atoms with E-state index in [2.05, 4.69) is 30.2 Å². The summed E-state index contributed by atoms with van der Waals surface area (Å²) in [5.74, 6) is 0.635. The molecule has 5 rings (SSSR count). The van der Waals surface area contributed by atoms with E-state index < -0.39 is 0 Å². The maximum absolute atomic E-state index is 13.0. The van der Waals surface area contributed by atoms with E-state index in [9.17, 15) is 9.59 Å². The molecule has 0 saturated heterocycles. The number of amides is 1. The molecule has 0 spiro atoms. The van der Waals surface area contributed by atoms with E-state index in [0.717, 1.165) is 16.6 Å². The number of fused-ring (bicyclic) bond motifs is 4. The quantitative estimate of drug-likeness (QED) is 0.527. The number of rotatable bonds is 2. The Morgan fingerprint density at radius 2 is 1.93 bits per heavy atom. The Morgan fingerprint density at radius 1 is 1.14 bits per heavy atom. The van der Waals surface area contributed by atoms with E-state index in [1.54, 1.807) is 11.3 Å². The number of carbonyl (C=O) groups is 1. The lowest BCUT2D eigenvalue weighted by Gasteiger charge is -2.29. The van der Waals surface area contributed by atoms with Crippen molar-refractivity contribution in [3.8, 4) is 0 Å². The van der Waals surface area contributed by atoms with Gasteiger partial charge >= 0.3 is 0 Å². The van der Waals surface area contributed by atoms with E-state index in [1.165, 1.54) is 20.7 Å². The van der Waals surface area contributed by atoms with E-state index in [-0.39, 0.29) is 18.0 Å². The normalized spacial score (nSPS) is 14.0. The Labute approximate surface area is 165 Å². The predicted octanol–water partition coefficient (Wildman–Crippen LogP) is 2.91. The highest BCUT2D eigenvalue weighted by atomic mass is 32.1. The van der Waals surface area contributed by atoms with Crippen LogP contribution in [0.1, 0.15) is 21.8 Å². The number of aromatic nitrogens is 3. The first-order chi connectivity index (χ1) is 13.5. The third-order valence-corrected chi connectivity index (χ3v) is 6.41. The summed E-state index contributed by atoms with van der Waals surface area (Å²) in [6.45, 7) is 5.15. The Balaban J connectivity index is 1.47. The maximum atomic E-state index is 13.0. The van der Waals surface area contributed by atoms with Gasteiger partial charge in [0.25, 0.3) is 5.56 Å². The fraction of sp³-hybridized carbons (Fsp3) is 0.286. The average molecular weight is 392 g/mol. The van der Waals surface area contributed by atoms with Gasteiger partial charge in [0.05, 0.1) is 10.2 Å². The van der Waals surface area contributed by atoms with E-state index in [4.69, 9.17) is 0 Å². The maximum Gasteiger partial charge on any atom is 0.291 e. The van der Waals surface area contributed by atoms with Gasteiger partial charge in [0, 0.05) is 18.0 Å². The molecule has 6 nitrogen and oxygen atoms in total. The highest BCUT2D eigenvalue weighted by Gasteiger charge is 2.22. The lowest BCUT2D eigenvalue weighted by molar-refractivity contribution is -0.133. The fourth-order valence-corrected chi connectivity index (χ4v) is 5.01. The molecule has 1 aliphatic rings. The highest BCUT2D eigenvalue weighted by Crippen LogP contribution is 2.28. The molecule has 0 fully saturated rings. The van der Waals surface area contributed by atoms with Crippen molar-refractivity contribution < 1.29 is 4.79 Å². The Bertz CT molecular complexity index is 1300. The average Bonchev–Trinajstić information content (AvgIpc) is 3.21. The predicted molar refractivity (Wildman–Crippen MR) is 110 cm³/mol. The molecule has 0 saturated carbocycles. The number of benzene rings is 1. The molecular weight excluding hydrogens is 372 g/mol. The number of carbonyl (C=O) groups excluding carboxylic acids is 1. The van der Waals surface area contributed by atoms with Crippen molar-refractivity contribution >= 4 is 33.0 Å². The van der Waals surface area contributed by atoms with Gasteiger partial charge in [-0.15, -0.1) is 11.3 Å². The fourth-order valence-electron chi connectivity index (χ4n) is 4.06. The van der Waals surface area contributed by atoms with Gasteiger partial charge in [0.15, 0.2) is 0 Å². The van der Waals surface area contributed by atoms with Crippen molar-refractivity contribution in [2.75, 3.05) is 6.54 Å². The lowest BCUT2D eigenvalue weighted by atomic mass is 10.00. The van der Waals surface area contributed by atoms with Gasteiger partial charge in [0.2, 0.25) is 5.91 Å². The van der Waals surface area contributed by atoms with Crippen molar-refractivity contribution in [2.24, 2.45) is 0 Å². The standard InChI is InChI=1S/C21H20N4O2S/c1-13-9-17-19(28-13)10-18-21(27)24(22-14(2)25(17)18)12-20(26)23-8-7-15-5-3-4-6-16(15)11-23/h3-6,9-10H,7-8,11-12H2,1-2H3. The van der Waals surface area contributed by atoms with Crippen LogP contribution in [0.25, 0.3) is 15.7 Å². The summed E-state index contributed by atoms with van der Waals surface area (Å²) in [7, 11) is 0. The summed E-state index contributed by atoms with van der Waals surface area (Å²) in [5, 5.41) is 4.44. The number of nitrogens with zero attached hydrogens (tertiary/aromatic N) is 4. The van der Waals surface area contributed by atoms with E-state index in [0.29, 0.717) is 24.4 Å². The lowest BCUT2D eigenvalue weighted by Crippen LogP contribution is -2.40. The van der Waals surface area contributed by atoms with Crippen LogP contribution in [-0.4, -0.2) is 31.5 Å². The Kier molecular flexibility index (Phi) is 3.87. The summed E-state index contributed by atoms with van der Waals surface area (Å²) >= 11 is 1.66. The van der Waals surface area contributed by atoms with Crippen molar-refractivity contribution in [2.45, 2.75) is 33.4 Å². The number of hydrogen-bond donors (Lipinski definition) is 0. The van der Waals surface area contributed by atoms with Gasteiger partial charge in [-0.1, -0.05) is 24.3 Å². The molecule has 0 atom stereocenters. The summed E-state index contributed by atoms with van der Waals surface area (Å²) < 4.78 is 4.26. The van der Waals surface area contributed by atoms with Gasteiger partial charge < -0.3 is 4.90 Å². The van der Waals surface area contributed by atoms with Gasteiger partial charge in [-0.05, 0) is 43.5 Å². The van der Waals surface area contributed by atoms with Crippen molar-refractivity contribution in [1.29, 1.82) is 0 Å². The Morgan fingerprint density at radius 3 is 2.75 bits per heavy atom. The molecular formula is C21H20N4O2S. The second-order valence-electron chi connectivity index (χ2n) is 7.32. The van der Waals surface area contributed by atoms with Crippen LogP contribution in [0.3, 0.4) is 0 Å². The number of hydrogen-bond acceptors (Lipinski definition) is 4. The van der Waals surface area contributed by atoms with Crippen LogP contribution in [0.15, 0.2) is 41.2 Å². The summed E-state index contributed by atoms with van der Waals surface area (Å²) in [6.07, 6.45) is 0.844. The molecule has 142 valence electrons. The van der Waals surface area contributed by atoms with Crippen LogP contribution >= 0.6 is 11.3 Å². The minimum absolute atomic E-state index is 0.0316. The molecule has 1 amide bonds. The molecule has 4 heterocycles. The first kappa shape index (κ1) is 17.2. The minimum Gasteiger partial charge on any atom is -0.336 e. The minimum atomic E-state index is -0.225. The molecule has 28 heavy (non-hydrogen) atoms. The second-order valence-corrected chi connectivity index (χ2v) is 8.60. The van der Waals surface area contributed by atoms with Crippen LogP contribution in [0.5, 0.6) is 0 Å². The smallest absolute Gasteiger partial charge is 0.291 e. The molecule has 1 aliphatic heterocycles. The van der Waals surface area contributed by atoms with Gasteiger partial charge in [-0.25, -0.2) is 4.68 Å². The zero-order chi connectivity index (χ0) is 19.4. The van der Waals surface area contributed by atoms with Crippen molar-refractivity contribution in [3.63, 3.8) is 0 Å². The largest absolute Gasteiger partial charge is 0.336 e. The van der Waals surface area contributed by atoms with Crippen molar-refractivity contribution in [3.05, 3.63) is 68.6 Å². The van der Waals surface area contributed by atoms with Gasteiger partial charge in [-0.3, -0.25) is 14.0 Å². The molecule has 4 aromatic rings. The number of aryl methyl sites for hydroxylation is 2. The summed E-state index contributed by atoms with van der Waals surface area (Å²) in [6, 6.07) is 12.2.